The first-order chi connectivity index (χ1) is 7.29. The van der Waals surface area contributed by atoms with Crippen LogP contribution < -0.4 is 4.72 Å². The van der Waals surface area contributed by atoms with E-state index in [9.17, 15) is 13.5 Å². The molecule has 102 valence electrons. The van der Waals surface area contributed by atoms with Crippen LogP contribution in [0.25, 0.3) is 0 Å². The highest BCUT2D eigenvalue weighted by Gasteiger charge is 2.30. The minimum atomic E-state index is -3.42. The second-order valence-electron chi connectivity index (χ2n) is 6.26. The smallest absolute Gasteiger partial charge is 0.216 e. The Labute approximate surface area is 105 Å². The van der Waals surface area contributed by atoms with Crippen LogP contribution in [0.15, 0.2) is 12.2 Å². The molecule has 0 aliphatic rings. The molecule has 0 aromatic heterocycles. The van der Waals surface area contributed by atoms with Crippen molar-refractivity contribution in [2.75, 3.05) is 6.54 Å². The van der Waals surface area contributed by atoms with Crippen LogP contribution in [0.3, 0.4) is 0 Å². The number of aliphatic hydroxyl groups is 1. The van der Waals surface area contributed by atoms with Crippen LogP contribution in [0, 0.1) is 5.41 Å². The molecule has 0 fully saturated rings. The molecule has 0 rings (SSSR count). The van der Waals surface area contributed by atoms with Gasteiger partial charge >= 0.3 is 0 Å². The standard InChI is InChI=1S/C12H25NO3S/c1-9(11(2,3)4)10(14)8-13-17(15,16)12(5,6)7/h10,13-14H,1,8H2,2-7H3. The predicted molar refractivity (Wildman–Crippen MR) is 71.3 cm³/mol. The molecule has 0 radical (unpaired) electrons. The number of nitrogens with one attached hydrogen (secondary N) is 1. The summed E-state index contributed by atoms with van der Waals surface area (Å²) in [5.74, 6) is 0. The maximum absolute atomic E-state index is 11.8. The SMILES string of the molecule is C=C(C(O)CNS(=O)(=O)C(C)(C)C)C(C)(C)C. The van der Waals surface area contributed by atoms with Gasteiger partial charge in [-0.15, -0.1) is 0 Å². The molecule has 0 amide bonds. The molecular weight excluding hydrogens is 238 g/mol. The molecule has 1 atom stereocenters. The lowest BCUT2D eigenvalue weighted by molar-refractivity contribution is 0.189. The summed E-state index contributed by atoms with van der Waals surface area (Å²) in [6, 6.07) is 0. The van der Waals surface area contributed by atoms with Crippen LogP contribution in [-0.4, -0.2) is 30.9 Å². The monoisotopic (exact) mass is 263 g/mol. The molecule has 0 aliphatic carbocycles. The summed E-state index contributed by atoms with van der Waals surface area (Å²) in [5.41, 5.74) is 0.376. The van der Waals surface area contributed by atoms with Crippen LogP contribution in [0.2, 0.25) is 0 Å². The molecule has 0 bridgehead atoms. The lowest BCUT2D eigenvalue weighted by Gasteiger charge is -2.27. The number of hydrogen-bond acceptors (Lipinski definition) is 3. The Balaban J connectivity index is 4.57. The minimum absolute atomic E-state index is 0.0320. The number of hydrogen-bond donors (Lipinski definition) is 2. The molecule has 0 heterocycles. The van der Waals surface area contributed by atoms with E-state index in [0.717, 1.165) is 0 Å². The number of aliphatic hydroxyl groups excluding tert-OH is 1. The first-order valence-corrected chi connectivity index (χ1v) is 7.14. The highest BCUT2D eigenvalue weighted by molar-refractivity contribution is 7.90. The van der Waals surface area contributed by atoms with E-state index in [1.165, 1.54) is 0 Å². The van der Waals surface area contributed by atoms with Crippen molar-refractivity contribution in [2.45, 2.75) is 52.4 Å². The molecule has 0 aliphatic heterocycles. The van der Waals surface area contributed by atoms with Crippen LogP contribution in [-0.2, 0) is 10.0 Å². The van der Waals surface area contributed by atoms with Gasteiger partial charge in [0.1, 0.15) is 0 Å². The minimum Gasteiger partial charge on any atom is -0.387 e. The zero-order valence-corrected chi connectivity index (χ0v) is 12.5. The van der Waals surface area contributed by atoms with E-state index < -0.39 is 20.9 Å². The molecule has 0 aromatic carbocycles. The molecular formula is C12H25NO3S. The Bertz CT molecular complexity index is 372. The molecule has 0 saturated heterocycles. The average Bonchev–Trinajstić information content (AvgIpc) is 2.09. The van der Waals surface area contributed by atoms with Crippen molar-refractivity contribution in [3.05, 3.63) is 12.2 Å². The van der Waals surface area contributed by atoms with Crippen LogP contribution in [0.4, 0.5) is 0 Å². The average molecular weight is 263 g/mol. The summed E-state index contributed by atoms with van der Waals surface area (Å²) in [6.45, 7) is 14.4. The highest BCUT2D eigenvalue weighted by Crippen LogP contribution is 2.26. The number of sulfonamides is 1. The van der Waals surface area contributed by atoms with Crippen molar-refractivity contribution in [1.82, 2.24) is 4.72 Å². The third kappa shape index (κ3) is 4.77. The van der Waals surface area contributed by atoms with Crippen molar-refractivity contribution in [1.29, 1.82) is 0 Å². The fourth-order valence-corrected chi connectivity index (χ4v) is 1.84. The van der Waals surface area contributed by atoms with Gasteiger partial charge in [-0.05, 0) is 31.8 Å². The van der Waals surface area contributed by atoms with E-state index in [1.807, 2.05) is 20.8 Å². The van der Waals surface area contributed by atoms with E-state index in [1.54, 1.807) is 20.8 Å². The van der Waals surface area contributed by atoms with Crippen molar-refractivity contribution < 1.29 is 13.5 Å². The second-order valence-corrected chi connectivity index (χ2v) is 8.78. The van der Waals surface area contributed by atoms with Gasteiger partial charge in [-0.1, -0.05) is 27.4 Å². The summed E-state index contributed by atoms with van der Waals surface area (Å²) in [6.07, 6.45) is -0.868. The third-order valence-electron chi connectivity index (χ3n) is 2.64. The largest absolute Gasteiger partial charge is 0.387 e. The topological polar surface area (TPSA) is 66.4 Å². The van der Waals surface area contributed by atoms with Gasteiger partial charge in [-0.3, -0.25) is 0 Å². The molecule has 4 nitrogen and oxygen atoms in total. The fraction of sp³-hybridized carbons (Fsp3) is 0.833. The van der Waals surface area contributed by atoms with Gasteiger partial charge < -0.3 is 5.11 Å². The lowest BCUT2D eigenvalue weighted by atomic mass is 9.84. The Hall–Kier alpha value is -0.390. The van der Waals surface area contributed by atoms with Crippen molar-refractivity contribution in [2.24, 2.45) is 5.41 Å². The van der Waals surface area contributed by atoms with Gasteiger partial charge in [-0.2, -0.15) is 0 Å². The van der Waals surface area contributed by atoms with E-state index >= 15 is 0 Å². The first-order valence-electron chi connectivity index (χ1n) is 5.65. The zero-order chi connectivity index (χ0) is 14.1. The van der Waals surface area contributed by atoms with E-state index in [0.29, 0.717) is 5.57 Å². The summed E-state index contributed by atoms with van der Waals surface area (Å²) in [4.78, 5) is 0. The molecule has 0 saturated carbocycles. The van der Waals surface area contributed by atoms with Gasteiger partial charge in [0.25, 0.3) is 0 Å². The summed E-state index contributed by atoms with van der Waals surface area (Å²) >= 11 is 0. The van der Waals surface area contributed by atoms with Gasteiger partial charge in [0.15, 0.2) is 0 Å². The molecule has 2 N–H and O–H groups in total. The van der Waals surface area contributed by atoms with Gasteiger partial charge in [-0.25, -0.2) is 13.1 Å². The summed E-state index contributed by atoms with van der Waals surface area (Å²) in [7, 11) is -3.42. The molecule has 0 aromatic rings. The number of rotatable bonds is 4. The Morgan fingerprint density at radius 3 is 1.94 bits per heavy atom. The maximum atomic E-state index is 11.8. The summed E-state index contributed by atoms with van der Waals surface area (Å²) < 4.78 is 25.1. The van der Waals surface area contributed by atoms with Crippen molar-refractivity contribution in [3.63, 3.8) is 0 Å². The normalized spacial score (nSPS) is 15.7. The predicted octanol–water partition coefficient (Wildman–Crippen LogP) is 1.67. The molecule has 0 spiro atoms. The fourth-order valence-electron chi connectivity index (χ4n) is 1.03. The summed E-state index contributed by atoms with van der Waals surface area (Å²) in [5, 5.41) is 9.86. The molecule has 1 unspecified atom stereocenters. The van der Waals surface area contributed by atoms with E-state index in [-0.39, 0.29) is 12.0 Å². The quantitative estimate of drug-likeness (QED) is 0.758. The third-order valence-corrected chi connectivity index (χ3v) is 4.80. The van der Waals surface area contributed by atoms with Crippen molar-refractivity contribution in [3.8, 4) is 0 Å². The molecule has 5 heteroatoms. The Morgan fingerprint density at radius 2 is 1.65 bits per heavy atom. The van der Waals surface area contributed by atoms with Gasteiger partial charge in [0.05, 0.1) is 10.9 Å². The Kier molecular flexibility index (Phi) is 4.96. The zero-order valence-electron chi connectivity index (χ0n) is 11.7. The van der Waals surface area contributed by atoms with E-state index in [4.69, 9.17) is 0 Å². The van der Waals surface area contributed by atoms with Gasteiger partial charge in [0, 0.05) is 6.54 Å². The first kappa shape index (κ1) is 16.6. The highest BCUT2D eigenvalue weighted by atomic mass is 32.2. The lowest BCUT2D eigenvalue weighted by Crippen LogP contribution is -2.43. The second kappa shape index (κ2) is 5.08. The van der Waals surface area contributed by atoms with Crippen LogP contribution in [0.5, 0.6) is 0 Å². The maximum Gasteiger partial charge on any atom is 0.216 e. The van der Waals surface area contributed by atoms with Crippen LogP contribution in [0.1, 0.15) is 41.5 Å². The Morgan fingerprint density at radius 1 is 1.24 bits per heavy atom. The van der Waals surface area contributed by atoms with Gasteiger partial charge in [0.2, 0.25) is 10.0 Å². The van der Waals surface area contributed by atoms with Crippen molar-refractivity contribution >= 4 is 10.0 Å². The van der Waals surface area contributed by atoms with Crippen LogP contribution >= 0.6 is 0 Å². The molecule has 17 heavy (non-hydrogen) atoms. The van der Waals surface area contributed by atoms with E-state index in [2.05, 4.69) is 11.3 Å².